The first kappa shape index (κ1) is 25.8. The average molecular weight is 490 g/mol. The molecule has 4 rings (SSSR count). The molecule has 1 atom stereocenters. The normalized spacial score (nSPS) is 15.9. The summed E-state index contributed by atoms with van der Waals surface area (Å²) in [4.78, 5) is 5.15. The quantitative estimate of drug-likeness (QED) is 0.362. The first-order valence-corrected chi connectivity index (χ1v) is 14.3. The summed E-state index contributed by atoms with van der Waals surface area (Å²) in [5.41, 5.74) is 3.69. The molecule has 0 radical (unpaired) electrons. The lowest BCUT2D eigenvalue weighted by Crippen LogP contribution is -2.48. The number of aryl methyl sites for hydroxylation is 1. The van der Waals surface area contributed by atoms with Gasteiger partial charge in [0.05, 0.1) is 5.25 Å². The van der Waals surface area contributed by atoms with Gasteiger partial charge in [0, 0.05) is 62.4 Å². The lowest BCUT2D eigenvalue weighted by Gasteiger charge is -2.34. The zero-order valence-corrected chi connectivity index (χ0v) is 21.5. The molecule has 1 aliphatic heterocycles. The van der Waals surface area contributed by atoms with Crippen LogP contribution in [0.2, 0.25) is 0 Å². The van der Waals surface area contributed by atoms with Crippen LogP contribution in [0.15, 0.2) is 91.0 Å². The van der Waals surface area contributed by atoms with Crippen LogP contribution in [-0.4, -0.2) is 72.1 Å². The van der Waals surface area contributed by atoms with Crippen molar-refractivity contribution in [3.63, 3.8) is 0 Å². The standard InChI is InChI=1S/C30H39N3OS/c34-35(30(28-14-6-2-7-15-28)29-16-8-3-9-17-29)26-19-31-18-21-33-24-22-32(23-25-33)20-10-13-27-11-4-1-5-12-27/h1-9,11-12,14-17,30-31H,10,13,18-26H2. The molecule has 5 heteroatoms. The van der Waals surface area contributed by atoms with Gasteiger partial charge < -0.3 is 10.2 Å². The van der Waals surface area contributed by atoms with Crippen LogP contribution in [0.25, 0.3) is 0 Å². The average Bonchev–Trinajstić information content (AvgIpc) is 2.91. The Morgan fingerprint density at radius 2 is 1.20 bits per heavy atom. The van der Waals surface area contributed by atoms with Crippen LogP contribution < -0.4 is 5.32 Å². The maximum atomic E-state index is 13.3. The van der Waals surface area contributed by atoms with Crippen molar-refractivity contribution < 1.29 is 4.21 Å². The number of hydrogen-bond donors (Lipinski definition) is 1. The Morgan fingerprint density at radius 1 is 0.686 bits per heavy atom. The highest BCUT2D eigenvalue weighted by Crippen LogP contribution is 2.28. The van der Waals surface area contributed by atoms with Gasteiger partial charge in [-0.25, -0.2) is 0 Å². The van der Waals surface area contributed by atoms with E-state index in [1.165, 1.54) is 24.9 Å². The molecule has 0 saturated carbocycles. The molecule has 4 nitrogen and oxygen atoms in total. The topological polar surface area (TPSA) is 35.6 Å². The van der Waals surface area contributed by atoms with Crippen LogP contribution in [0.1, 0.15) is 28.4 Å². The largest absolute Gasteiger partial charge is 0.315 e. The Kier molecular flexibility index (Phi) is 10.5. The minimum Gasteiger partial charge on any atom is -0.315 e. The van der Waals surface area contributed by atoms with Crippen LogP contribution >= 0.6 is 0 Å². The summed E-state index contributed by atoms with van der Waals surface area (Å²) in [7, 11) is -0.973. The van der Waals surface area contributed by atoms with Crippen LogP contribution in [0, 0.1) is 0 Å². The number of piperazine rings is 1. The van der Waals surface area contributed by atoms with E-state index in [0.717, 1.165) is 56.9 Å². The zero-order chi connectivity index (χ0) is 24.1. The smallest absolute Gasteiger partial charge is 0.0847 e. The number of nitrogens with one attached hydrogen (secondary N) is 1. The number of hydrogen-bond acceptors (Lipinski definition) is 4. The van der Waals surface area contributed by atoms with Gasteiger partial charge in [-0.1, -0.05) is 91.0 Å². The van der Waals surface area contributed by atoms with Crippen molar-refractivity contribution in [3.05, 3.63) is 108 Å². The molecule has 1 N–H and O–H groups in total. The molecule has 3 aromatic carbocycles. The molecule has 1 unspecified atom stereocenters. The molecule has 3 aromatic rings. The van der Waals surface area contributed by atoms with Crippen LogP contribution in [0.5, 0.6) is 0 Å². The van der Waals surface area contributed by atoms with E-state index in [-0.39, 0.29) is 5.25 Å². The second kappa shape index (κ2) is 14.3. The molecule has 1 heterocycles. The highest BCUT2D eigenvalue weighted by atomic mass is 32.2. The molecule has 0 amide bonds. The van der Waals surface area contributed by atoms with E-state index in [4.69, 9.17) is 0 Å². The molecular formula is C30H39N3OS. The van der Waals surface area contributed by atoms with Gasteiger partial charge in [0.15, 0.2) is 0 Å². The molecule has 0 spiro atoms. The molecule has 1 fully saturated rings. The van der Waals surface area contributed by atoms with E-state index in [2.05, 4.69) is 69.7 Å². The van der Waals surface area contributed by atoms with E-state index >= 15 is 0 Å². The van der Waals surface area contributed by atoms with Crippen molar-refractivity contribution in [1.29, 1.82) is 0 Å². The van der Waals surface area contributed by atoms with Gasteiger partial charge in [-0.2, -0.15) is 0 Å². The molecular weight excluding hydrogens is 450 g/mol. The van der Waals surface area contributed by atoms with Gasteiger partial charge >= 0.3 is 0 Å². The maximum Gasteiger partial charge on any atom is 0.0847 e. The van der Waals surface area contributed by atoms with Gasteiger partial charge in [0.1, 0.15) is 0 Å². The molecule has 1 saturated heterocycles. The Bertz CT molecular complexity index is 952. The maximum absolute atomic E-state index is 13.3. The Balaban J connectivity index is 1.12. The fourth-order valence-electron chi connectivity index (χ4n) is 4.79. The summed E-state index contributed by atoms with van der Waals surface area (Å²) in [5, 5.41) is 3.46. The van der Waals surface area contributed by atoms with Gasteiger partial charge in [0.2, 0.25) is 0 Å². The first-order valence-electron chi connectivity index (χ1n) is 13.0. The third-order valence-electron chi connectivity index (χ3n) is 6.80. The summed E-state index contributed by atoms with van der Waals surface area (Å²) in [6.07, 6.45) is 2.40. The van der Waals surface area contributed by atoms with E-state index in [1.54, 1.807) is 0 Å². The lowest BCUT2D eigenvalue weighted by atomic mass is 10.0. The van der Waals surface area contributed by atoms with Crippen molar-refractivity contribution in [2.75, 3.05) is 58.1 Å². The van der Waals surface area contributed by atoms with Crippen LogP contribution in [0.4, 0.5) is 0 Å². The van der Waals surface area contributed by atoms with Crippen molar-refractivity contribution in [2.45, 2.75) is 18.1 Å². The van der Waals surface area contributed by atoms with E-state index < -0.39 is 10.8 Å². The fraction of sp³-hybridized carbons (Fsp3) is 0.400. The van der Waals surface area contributed by atoms with Crippen LogP contribution in [-0.2, 0) is 17.2 Å². The molecule has 0 aromatic heterocycles. The van der Waals surface area contributed by atoms with E-state index in [1.807, 2.05) is 36.4 Å². The van der Waals surface area contributed by atoms with Crippen molar-refractivity contribution >= 4 is 10.8 Å². The predicted octanol–water partition coefficient (Wildman–Crippen LogP) is 4.36. The molecule has 35 heavy (non-hydrogen) atoms. The number of benzene rings is 3. The Labute approximate surface area is 213 Å². The SMILES string of the molecule is O=S(CCNCCN1CCN(CCCc2ccccc2)CC1)C(c1ccccc1)c1ccccc1. The highest BCUT2D eigenvalue weighted by Gasteiger charge is 2.21. The second-order valence-corrected chi connectivity index (χ2v) is 10.9. The molecule has 0 bridgehead atoms. The molecule has 0 aliphatic carbocycles. The third-order valence-corrected chi connectivity index (χ3v) is 8.48. The summed E-state index contributed by atoms with van der Waals surface area (Å²) in [5.74, 6) is 0.656. The first-order chi connectivity index (χ1) is 17.3. The number of nitrogens with zero attached hydrogens (tertiary/aromatic N) is 2. The van der Waals surface area contributed by atoms with Gasteiger partial charge in [-0.3, -0.25) is 9.11 Å². The van der Waals surface area contributed by atoms with Crippen LogP contribution in [0.3, 0.4) is 0 Å². The van der Waals surface area contributed by atoms with E-state index in [0.29, 0.717) is 5.75 Å². The zero-order valence-electron chi connectivity index (χ0n) is 20.7. The predicted molar refractivity (Wildman–Crippen MR) is 148 cm³/mol. The van der Waals surface area contributed by atoms with Gasteiger partial charge in [0.25, 0.3) is 0 Å². The van der Waals surface area contributed by atoms with Crippen molar-refractivity contribution in [1.82, 2.24) is 15.1 Å². The second-order valence-electron chi connectivity index (χ2n) is 9.31. The summed E-state index contributed by atoms with van der Waals surface area (Å²) in [6, 6.07) is 31.3. The molecule has 1 aliphatic rings. The minimum atomic E-state index is -0.973. The Morgan fingerprint density at radius 3 is 1.77 bits per heavy atom. The lowest BCUT2D eigenvalue weighted by molar-refractivity contribution is 0.132. The minimum absolute atomic E-state index is 0.0748. The number of rotatable bonds is 13. The summed E-state index contributed by atoms with van der Waals surface area (Å²) >= 11 is 0. The van der Waals surface area contributed by atoms with Crippen molar-refractivity contribution in [2.24, 2.45) is 0 Å². The van der Waals surface area contributed by atoms with Crippen molar-refractivity contribution in [3.8, 4) is 0 Å². The molecule has 186 valence electrons. The summed E-state index contributed by atoms with van der Waals surface area (Å²) in [6.45, 7) is 8.59. The summed E-state index contributed by atoms with van der Waals surface area (Å²) < 4.78 is 13.3. The third kappa shape index (κ3) is 8.39. The van der Waals surface area contributed by atoms with E-state index in [9.17, 15) is 4.21 Å². The van der Waals surface area contributed by atoms with Gasteiger partial charge in [-0.05, 0) is 36.1 Å². The fourth-order valence-corrected chi connectivity index (χ4v) is 6.30. The van der Waals surface area contributed by atoms with Gasteiger partial charge in [-0.15, -0.1) is 0 Å². The Hall–Kier alpha value is -2.31. The monoisotopic (exact) mass is 489 g/mol. The highest BCUT2D eigenvalue weighted by molar-refractivity contribution is 7.85.